The van der Waals surface area contributed by atoms with Gasteiger partial charge in [0.25, 0.3) is 0 Å². The number of hydrogen-bond acceptors (Lipinski definition) is 2. The summed E-state index contributed by atoms with van der Waals surface area (Å²) in [5.41, 5.74) is 8.00. The van der Waals surface area contributed by atoms with Crippen LogP contribution < -0.4 is 16.4 Å². The summed E-state index contributed by atoms with van der Waals surface area (Å²) in [6, 6.07) is 3.31. The molecule has 4 N–H and O–H groups in total. The fourth-order valence-electron chi connectivity index (χ4n) is 0.970. The molecule has 0 aromatic heterocycles. The van der Waals surface area contributed by atoms with Crippen LogP contribution in [-0.4, -0.2) is 13.1 Å². The molecule has 0 bridgehead atoms. The van der Waals surface area contributed by atoms with Crippen LogP contribution in [-0.2, 0) is 0 Å². The molecule has 76 valence electrons. The van der Waals surface area contributed by atoms with Gasteiger partial charge >= 0.3 is 6.03 Å². The molecule has 0 heterocycles. The van der Waals surface area contributed by atoms with Crippen molar-refractivity contribution >= 4 is 33.3 Å². The van der Waals surface area contributed by atoms with Crippen molar-refractivity contribution in [3.63, 3.8) is 0 Å². The Bertz CT molecular complexity index is 365. The fourth-order valence-corrected chi connectivity index (χ4v) is 1.53. The molecule has 0 saturated heterocycles. The van der Waals surface area contributed by atoms with E-state index < -0.39 is 0 Å². The van der Waals surface area contributed by atoms with Gasteiger partial charge in [-0.1, -0.05) is 0 Å². The lowest BCUT2D eigenvalue weighted by molar-refractivity contribution is 0.254. The van der Waals surface area contributed by atoms with E-state index in [1.807, 2.05) is 13.0 Å². The zero-order chi connectivity index (χ0) is 10.7. The first-order valence-electron chi connectivity index (χ1n) is 4.09. The molecule has 1 aromatic carbocycles. The van der Waals surface area contributed by atoms with E-state index in [0.29, 0.717) is 11.4 Å². The van der Waals surface area contributed by atoms with Gasteiger partial charge in [0.15, 0.2) is 0 Å². The highest BCUT2D eigenvalue weighted by molar-refractivity contribution is 9.10. The molecule has 0 unspecified atom stereocenters. The standard InChI is InChI=1S/C9H12BrN3O/c1-5-3-6(10)8(4-7(5)11)13-9(14)12-2/h3-4H,11H2,1-2H3,(H2,12,13,14). The minimum atomic E-state index is -0.269. The van der Waals surface area contributed by atoms with Crippen molar-refractivity contribution in [2.45, 2.75) is 6.92 Å². The Morgan fingerprint density at radius 3 is 2.71 bits per heavy atom. The van der Waals surface area contributed by atoms with E-state index in [1.54, 1.807) is 13.1 Å². The number of halogens is 1. The first-order valence-corrected chi connectivity index (χ1v) is 4.88. The molecule has 0 aliphatic carbocycles. The molecule has 4 nitrogen and oxygen atoms in total. The number of carbonyl (C=O) groups is 1. The van der Waals surface area contributed by atoms with E-state index in [9.17, 15) is 4.79 Å². The van der Waals surface area contributed by atoms with E-state index in [0.717, 1.165) is 10.0 Å². The van der Waals surface area contributed by atoms with Crippen molar-refractivity contribution in [2.75, 3.05) is 18.1 Å². The first-order chi connectivity index (χ1) is 6.54. The van der Waals surface area contributed by atoms with Gasteiger partial charge < -0.3 is 16.4 Å². The molecule has 1 rings (SSSR count). The van der Waals surface area contributed by atoms with Crippen LogP contribution in [0.3, 0.4) is 0 Å². The second-order valence-corrected chi connectivity index (χ2v) is 3.75. The number of nitrogens with one attached hydrogen (secondary N) is 2. The van der Waals surface area contributed by atoms with Gasteiger partial charge in [0.1, 0.15) is 0 Å². The Kier molecular flexibility index (Phi) is 3.35. The minimum Gasteiger partial charge on any atom is -0.398 e. The first kappa shape index (κ1) is 10.8. The zero-order valence-corrected chi connectivity index (χ0v) is 9.60. The lowest BCUT2D eigenvalue weighted by atomic mass is 10.2. The molecular weight excluding hydrogens is 246 g/mol. The maximum Gasteiger partial charge on any atom is 0.319 e. The van der Waals surface area contributed by atoms with Crippen molar-refractivity contribution in [3.05, 3.63) is 22.2 Å². The molecule has 14 heavy (non-hydrogen) atoms. The van der Waals surface area contributed by atoms with Crippen LogP contribution in [0.25, 0.3) is 0 Å². The number of nitrogen functional groups attached to an aromatic ring is 1. The summed E-state index contributed by atoms with van der Waals surface area (Å²) >= 11 is 3.34. The predicted octanol–water partition coefficient (Wildman–Crippen LogP) is 2.09. The van der Waals surface area contributed by atoms with Crippen LogP contribution in [0.2, 0.25) is 0 Å². The predicted molar refractivity (Wildman–Crippen MR) is 61.4 cm³/mol. The van der Waals surface area contributed by atoms with Gasteiger partial charge in [-0.05, 0) is 40.5 Å². The Labute approximate surface area is 91.0 Å². The second kappa shape index (κ2) is 4.32. The molecule has 0 aliphatic heterocycles. The van der Waals surface area contributed by atoms with E-state index in [1.165, 1.54) is 0 Å². The maximum atomic E-state index is 11.0. The van der Waals surface area contributed by atoms with Crippen LogP contribution in [0.1, 0.15) is 5.56 Å². The topological polar surface area (TPSA) is 67.2 Å². The number of aryl methyl sites for hydroxylation is 1. The molecule has 5 heteroatoms. The molecule has 1 aromatic rings. The number of urea groups is 1. The van der Waals surface area contributed by atoms with Gasteiger partial charge in [-0.3, -0.25) is 0 Å². The van der Waals surface area contributed by atoms with Crippen LogP contribution in [0.5, 0.6) is 0 Å². The number of anilines is 2. The molecule has 0 radical (unpaired) electrons. The highest BCUT2D eigenvalue weighted by atomic mass is 79.9. The number of nitrogens with two attached hydrogens (primary N) is 1. The van der Waals surface area contributed by atoms with Gasteiger partial charge in [0.2, 0.25) is 0 Å². The Balaban J connectivity index is 2.98. The van der Waals surface area contributed by atoms with Crippen molar-refractivity contribution in [1.29, 1.82) is 0 Å². The summed E-state index contributed by atoms with van der Waals surface area (Å²) in [6.45, 7) is 1.91. The summed E-state index contributed by atoms with van der Waals surface area (Å²) in [5, 5.41) is 5.11. The Morgan fingerprint density at radius 2 is 2.14 bits per heavy atom. The summed E-state index contributed by atoms with van der Waals surface area (Å²) < 4.78 is 0.813. The van der Waals surface area contributed by atoms with Crippen molar-refractivity contribution < 1.29 is 4.79 Å². The molecular formula is C9H12BrN3O. The summed E-state index contributed by atoms with van der Waals surface area (Å²) in [7, 11) is 1.56. The Hall–Kier alpha value is -1.23. The molecule has 0 saturated carbocycles. The summed E-state index contributed by atoms with van der Waals surface area (Å²) in [4.78, 5) is 11.0. The fraction of sp³-hybridized carbons (Fsp3) is 0.222. The van der Waals surface area contributed by atoms with Gasteiger partial charge in [-0.25, -0.2) is 4.79 Å². The number of carbonyl (C=O) groups excluding carboxylic acids is 1. The Morgan fingerprint density at radius 1 is 1.50 bits per heavy atom. The van der Waals surface area contributed by atoms with Gasteiger partial charge in [0, 0.05) is 17.2 Å². The average molecular weight is 258 g/mol. The average Bonchev–Trinajstić information content (AvgIpc) is 2.14. The summed E-state index contributed by atoms with van der Waals surface area (Å²) in [5.74, 6) is 0. The summed E-state index contributed by atoms with van der Waals surface area (Å²) in [6.07, 6.45) is 0. The third kappa shape index (κ3) is 2.38. The monoisotopic (exact) mass is 257 g/mol. The largest absolute Gasteiger partial charge is 0.398 e. The number of rotatable bonds is 1. The number of hydrogen-bond donors (Lipinski definition) is 3. The van der Waals surface area contributed by atoms with Crippen LogP contribution in [0, 0.1) is 6.92 Å². The maximum absolute atomic E-state index is 11.0. The molecule has 0 atom stereocenters. The normalized spacial score (nSPS) is 9.64. The number of amides is 2. The van der Waals surface area contributed by atoms with E-state index in [2.05, 4.69) is 26.6 Å². The van der Waals surface area contributed by atoms with E-state index in [-0.39, 0.29) is 6.03 Å². The third-order valence-electron chi connectivity index (χ3n) is 1.83. The molecule has 2 amide bonds. The smallest absolute Gasteiger partial charge is 0.319 e. The van der Waals surface area contributed by atoms with Crippen LogP contribution >= 0.6 is 15.9 Å². The molecule has 0 aliphatic rings. The van der Waals surface area contributed by atoms with Crippen molar-refractivity contribution in [2.24, 2.45) is 0 Å². The minimum absolute atomic E-state index is 0.269. The van der Waals surface area contributed by atoms with Gasteiger partial charge in [-0.15, -0.1) is 0 Å². The molecule has 0 fully saturated rings. The van der Waals surface area contributed by atoms with Gasteiger partial charge in [0.05, 0.1) is 5.69 Å². The van der Waals surface area contributed by atoms with E-state index in [4.69, 9.17) is 5.73 Å². The third-order valence-corrected chi connectivity index (χ3v) is 2.49. The zero-order valence-electron chi connectivity index (χ0n) is 8.02. The van der Waals surface area contributed by atoms with Crippen LogP contribution in [0.15, 0.2) is 16.6 Å². The highest BCUT2D eigenvalue weighted by Gasteiger charge is 2.05. The lowest BCUT2D eigenvalue weighted by Gasteiger charge is -2.09. The van der Waals surface area contributed by atoms with Gasteiger partial charge in [-0.2, -0.15) is 0 Å². The second-order valence-electron chi connectivity index (χ2n) is 2.89. The van der Waals surface area contributed by atoms with Crippen molar-refractivity contribution in [1.82, 2.24) is 5.32 Å². The number of benzene rings is 1. The SMILES string of the molecule is CNC(=O)Nc1cc(N)c(C)cc1Br. The van der Waals surface area contributed by atoms with Crippen molar-refractivity contribution in [3.8, 4) is 0 Å². The highest BCUT2D eigenvalue weighted by Crippen LogP contribution is 2.27. The molecule has 0 spiro atoms. The quantitative estimate of drug-likeness (QED) is 0.675. The van der Waals surface area contributed by atoms with Crippen LogP contribution in [0.4, 0.5) is 16.2 Å². The van der Waals surface area contributed by atoms with E-state index >= 15 is 0 Å². The lowest BCUT2D eigenvalue weighted by Crippen LogP contribution is -2.24.